The molecule has 0 fully saturated rings. The van der Waals surface area contributed by atoms with E-state index in [0.717, 1.165) is 5.56 Å². The number of hydrogen-bond donors (Lipinski definition) is 4. The van der Waals surface area contributed by atoms with Gasteiger partial charge >= 0.3 is 6.09 Å². The smallest absolute Gasteiger partial charge is 0.408 e. The predicted molar refractivity (Wildman–Crippen MR) is 131 cm³/mol. The van der Waals surface area contributed by atoms with Crippen molar-refractivity contribution in [3.63, 3.8) is 0 Å². The summed E-state index contributed by atoms with van der Waals surface area (Å²) in [5.74, 6) is 0.523. The van der Waals surface area contributed by atoms with Gasteiger partial charge in [-0.3, -0.25) is 4.79 Å². The van der Waals surface area contributed by atoms with E-state index in [1.165, 1.54) is 0 Å². The molecule has 8 nitrogen and oxygen atoms in total. The molecule has 4 atom stereocenters. The van der Waals surface area contributed by atoms with Crippen LogP contribution in [0.5, 0.6) is 0 Å². The van der Waals surface area contributed by atoms with Gasteiger partial charge in [0.05, 0.1) is 11.5 Å². The van der Waals surface area contributed by atoms with Crippen molar-refractivity contribution in [1.29, 1.82) is 0 Å². The lowest BCUT2D eigenvalue weighted by molar-refractivity contribution is -0.124. The highest BCUT2D eigenvalue weighted by atomic mass is 32.2. The van der Waals surface area contributed by atoms with Crippen LogP contribution in [0.15, 0.2) is 35.3 Å². The van der Waals surface area contributed by atoms with E-state index in [0.29, 0.717) is 18.7 Å². The number of hydrogen-bond acceptors (Lipinski definition) is 6. The second-order valence-corrected chi connectivity index (χ2v) is 10.4. The lowest BCUT2D eigenvalue weighted by Crippen LogP contribution is -2.55. The Morgan fingerprint density at radius 1 is 1.09 bits per heavy atom. The molecule has 178 valence electrons. The maximum atomic E-state index is 13.1. The summed E-state index contributed by atoms with van der Waals surface area (Å²) in [5, 5.41) is 16.5. The molecule has 1 heterocycles. The summed E-state index contributed by atoms with van der Waals surface area (Å²) in [5.41, 5.74) is 2.61. The predicted octanol–water partition coefficient (Wildman–Crippen LogP) is 2.79. The summed E-state index contributed by atoms with van der Waals surface area (Å²) in [7, 11) is -0.233. The summed E-state index contributed by atoms with van der Waals surface area (Å²) < 4.78 is 8.43. The Kier molecular flexibility index (Phi) is 10.2. The molecule has 9 heteroatoms. The zero-order valence-electron chi connectivity index (χ0n) is 19.5. The van der Waals surface area contributed by atoms with Gasteiger partial charge in [0.15, 0.2) is 0 Å². The van der Waals surface area contributed by atoms with Crippen molar-refractivity contribution in [3.05, 3.63) is 35.9 Å². The average molecular weight is 465 g/mol. The first-order valence-electron chi connectivity index (χ1n) is 10.9. The van der Waals surface area contributed by atoms with Crippen LogP contribution in [0, 0.1) is 11.8 Å². The molecule has 0 saturated carbocycles. The van der Waals surface area contributed by atoms with Gasteiger partial charge in [-0.2, -0.15) is 0 Å². The Balaban J connectivity index is 2.02. The molecule has 0 spiro atoms. The van der Waals surface area contributed by atoms with Crippen LogP contribution in [-0.4, -0.2) is 52.9 Å². The Bertz CT molecular complexity index is 827. The minimum Gasteiger partial charge on any atom is -0.445 e. The molecular formula is C23H36N4O4S. The third kappa shape index (κ3) is 8.63. The molecule has 32 heavy (non-hydrogen) atoms. The van der Waals surface area contributed by atoms with Crippen LogP contribution in [0.4, 0.5) is 4.79 Å². The standard InChI is InChI=1S/C23H36N4O4S/c1-15(2)11-18(20(28)21-24-14-32(5)27-21)25-22(29)19(12-16(3)4)26-23(30)31-13-17-9-7-6-8-10-17/h6-10,14-16,18-20,28H,11-13H2,1-5H3,(H,24,27)(H,25,29)(H,26,30)/t18-,19-,20?,32?/m0/s1. The number of aliphatic imine (C=N–C) groups is 1. The van der Waals surface area contributed by atoms with Gasteiger partial charge in [-0.15, -0.1) is 0 Å². The fourth-order valence-electron chi connectivity index (χ4n) is 3.35. The van der Waals surface area contributed by atoms with Crippen LogP contribution in [0.25, 0.3) is 0 Å². The molecule has 0 aromatic heterocycles. The van der Waals surface area contributed by atoms with Gasteiger partial charge in [0, 0.05) is 0 Å². The van der Waals surface area contributed by atoms with E-state index in [1.54, 1.807) is 5.49 Å². The Hall–Kier alpha value is -2.39. The number of carbonyl (C=O) groups is 2. The summed E-state index contributed by atoms with van der Waals surface area (Å²) in [6.07, 6.45) is 1.37. The summed E-state index contributed by atoms with van der Waals surface area (Å²) >= 11 is 0. The molecule has 4 N–H and O–H groups in total. The van der Waals surface area contributed by atoms with Crippen LogP contribution in [0.3, 0.4) is 0 Å². The van der Waals surface area contributed by atoms with Gasteiger partial charge in [0.1, 0.15) is 24.6 Å². The molecular weight excluding hydrogens is 428 g/mol. The van der Waals surface area contributed by atoms with Crippen molar-refractivity contribution in [3.8, 4) is 0 Å². The van der Waals surface area contributed by atoms with Crippen molar-refractivity contribution >= 4 is 34.0 Å². The van der Waals surface area contributed by atoms with E-state index < -0.39 is 24.3 Å². The maximum absolute atomic E-state index is 13.1. The minimum absolute atomic E-state index is 0.123. The molecule has 1 aliphatic heterocycles. The number of amides is 2. The van der Waals surface area contributed by atoms with Crippen molar-refractivity contribution in [2.24, 2.45) is 16.8 Å². The number of alkyl carbamates (subject to hydrolysis) is 1. The van der Waals surface area contributed by atoms with Crippen molar-refractivity contribution in [2.75, 3.05) is 6.26 Å². The summed E-state index contributed by atoms with van der Waals surface area (Å²) in [4.78, 5) is 29.7. The number of benzene rings is 1. The second kappa shape index (κ2) is 12.6. The number of aliphatic hydroxyl groups is 1. The SMILES string of the molecule is CC(C)C[C@H](NC(=O)OCc1ccccc1)C(=O)N[C@@H](CC(C)C)C(O)C1=NC=S(C)N1. The Morgan fingerprint density at radius 3 is 2.31 bits per heavy atom. The second-order valence-electron chi connectivity index (χ2n) is 8.86. The van der Waals surface area contributed by atoms with E-state index in [1.807, 2.05) is 64.3 Å². The first-order valence-corrected chi connectivity index (χ1v) is 12.6. The highest BCUT2D eigenvalue weighted by molar-refractivity contribution is 8.13. The van der Waals surface area contributed by atoms with Crippen molar-refractivity contribution < 1.29 is 19.4 Å². The highest BCUT2D eigenvalue weighted by Crippen LogP contribution is 2.15. The molecule has 1 aromatic carbocycles. The lowest BCUT2D eigenvalue weighted by atomic mass is 9.97. The quantitative estimate of drug-likeness (QED) is 0.376. The van der Waals surface area contributed by atoms with E-state index in [4.69, 9.17) is 4.74 Å². The van der Waals surface area contributed by atoms with Crippen molar-refractivity contribution in [2.45, 2.75) is 65.3 Å². The summed E-state index contributed by atoms with van der Waals surface area (Å²) in [6, 6.07) is 8.05. The third-order valence-electron chi connectivity index (χ3n) is 4.86. The molecule has 0 radical (unpaired) electrons. The lowest BCUT2D eigenvalue weighted by Gasteiger charge is -2.28. The molecule has 1 aromatic rings. The van der Waals surface area contributed by atoms with Crippen LogP contribution in [0.2, 0.25) is 0 Å². The molecule has 0 bridgehead atoms. The zero-order chi connectivity index (χ0) is 23.7. The molecule has 2 rings (SSSR count). The van der Waals surface area contributed by atoms with Gasteiger partial charge in [-0.25, -0.2) is 9.79 Å². The molecule has 1 aliphatic rings. The fourth-order valence-corrected chi connectivity index (χ4v) is 4.18. The average Bonchev–Trinajstić information content (AvgIpc) is 3.17. The van der Waals surface area contributed by atoms with E-state index in [-0.39, 0.29) is 35.0 Å². The number of amidine groups is 1. The highest BCUT2D eigenvalue weighted by Gasteiger charge is 2.31. The normalized spacial score (nSPS) is 18.2. The van der Waals surface area contributed by atoms with Gasteiger partial charge < -0.3 is 25.2 Å². The molecule has 2 unspecified atom stereocenters. The van der Waals surface area contributed by atoms with Gasteiger partial charge in [0.2, 0.25) is 5.91 Å². The first-order chi connectivity index (χ1) is 15.2. The van der Waals surface area contributed by atoms with E-state index in [9.17, 15) is 14.7 Å². The van der Waals surface area contributed by atoms with Crippen molar-refractivity contribution in [1.82, 2.24) is 15.4 Å². The van der Waals surface area contributed by atoms with E-state index >= 15 is 0 Å². The number of nitrogens with zero attached hydrogens (tertiary/aromatic N) is 1. The zero-order valence-corrected chi connectivity index (χ0v) is 20.3. The molecule has 2 amide bonds. The van der Waals surface area contributed by atoms with E-state index in [2.05, 4.69) is 20.3 Å². The van der Waals surface area contributed by atoms with Gasteiger partial charge in [-0.1, -0.05) is 68.7 Å². The number of rotatable bonds is 11. The van der Waals surface area contributed by atoms with Gasteiger partial charge in [-0.05, 0) is 36.5 Å². The number of nitrogens with one attached hydrogen (secondary N) is 3. The minimum atomic E-state index is -0.959. The summed E-state index contributed by atoms with van der Waals surface area (Å²) in [6.45, 7) is 8.13. The van der Waals surface area contributed by atoms with Crippen LogP contribution in [-0.2, 0) is 16.1 Å². The number of aliphatic hydroxyl groups excluding tert-OH is 1. The van der Waals surface area contributed by atoms with Gasteiger partial charge in [0.25, 0.3) is 0 Å². The Morgan fingerprint density at radius 2 is 1.75 bits per heavy atom. The van der Waals surface area contributed by atoms with Crippen LogP contribution >= 0.6 is 10.7 Å². The molecule has 0 aliphatic carbocycles. The first kappa shape index (κ1) is 25.9. The van der Waals surface area contributed by atoms with Crippen LogP contribution in [0.1, 0.15) is 46.1 Å². The largest absolute Gasteiger partial charge is 0.445 e. The third-order valence-corrected chi connectivity index (χ3v) is 5.81. The monoisotopic (exact) mass is 464 g/mol. The Labute approximate surface area is 193 Å². The number of carbonyl (C=O) groups excluding carboxylic acids is 2. The molecule has 0 saturated heterocycles. The van der Waals surface area contributed by atoms with Crippen LogP contribution < -0.4 is 15.4 Å². The fraction of sp³-hybridized carbons (Fsp3) is 0.565. The topological polar surface area (TPSA) is 112 Å². The maximum Gasteiger partial charge on any atom is 0.408 e. The number of ether oxygens (including phenoxy) is 1.